The first-order valence-electron chi connectivity index (χ1n) is 4.38. The van der Waals surface area contributed by atoms with Crippen LogP contribution in [0.25, 0.3) is 0 Å². The fourth-order valence-electron chi connectivity index (χ4n) is 1.39. The lowest BCUT2D eigenvalue weighted by molar-refractivity contribution is -0.386. The Morgan fingerprint density at radius 3 is 2.39 bits per heavy atom. The molecule has 1 aromatic carbocycles. The monoisotopic (exact) mass is 279 g/mol. The molecule has 3 N–H and O–H groups in total. The molecule has 10 heteroatoms. The maximum atomic E-state index is 11.1. The maximum absolute atomic E-state index is 11.1. The van der Waals surface area contributed by atoms with Gasteiger partial charge in [-0.2, -0.15) is 8.42 Å². The average molecular weight is 279 g/mol. The molecule has 1 rings (SSSR count). The summed E-state index contributed by atoms with van der Waals surface area (Å²) in [7, 11) is -3.82. The van der Waals surface area contributed by atoms with Crippen LogP contribution in [0.4, 0.5) is 5.69 Å². The quantitative estimate of drug-likeness (QED) is 0.310. The van der Waals surface area contributed by atoms with Crippen LogP contribution in [-0.2, 0) is 21.5 Å². The van der Waals surface area contributed by atoms with Gasteiger partial charge in [0.1, 0.15) is 0 Å². The van der Waals surface area contributed by atoms with E-state index in [-0.39, 0.29) is 0 Å². The van der Waals surface area contributed by atoms with Crippen LogP contribution >= 0.6 is 0 Å². The predicted molar refractivity (Wildman–Crippen MR) is 57.0 cm³/mol. The third-order valence-electron chi connectivity index (χ3n) is 2.06. The van der Waals surface area contributed by atoms with Crippen molar-refractivity contribution in [2.24, 2.45) is 0 Å². The van der Waals surface area contributed by atoms with Crippen molar-refractivity contribution < 1.29 is 32.8 Å². The summed E-state index contributed by atoms with van der Waals surface area (Å²) in [5.74, 6) is -2.20. The lowest BCUT2D eigenvalue weighted by atomic mass is 10.1. The van der Waals surface area contributed by atoms with Crippen LogP contribution in [0, 0.1) is 10.1 Å². The molecule has 0 atom stereocenters. The van der Waals surface area contributed by atoms with Gasteiger partial charge in [-0.15, -0.1) is 0 Å². The number of rotatable bonds is 4. The first-order chi connectivity index (χ1) is 8.20. The Morgan fingerprint density at radius 1 is 1.44 bits per heavy atom. The Morgan fingerprint density at radius 2 is 2.00 bits per heavy atom. The van der Waals surface area contributed by atoms with Gasteiger partial charge in [0.05, 0.1) is 23.2 Å². The number of aromatic hydroxyl groups is 2. The van der Waals surface area contributed by atoms with Crippen LogP contribution in [0.2, 0.25) is 0 Å². The van der Waals surface area contributed by atoms with E-state index in [1.165, 1.54) is 0 Å². The standard InChI is InChI=1S/C8H9NO8S/c1-17-3-4-5(9(12)13)2-6(10)7(11)8(4)18(14,15)16/h2,10-11H,3H2,1H3,(H,14,15,16). The second-order valence-electron chi connectivity index (χ2n) is 3.24. The average Bonchev–Trinajstić information content (AvgIpc) is 2.21. The van der Waals surface area contributed by atoms with Crippen LogP contribution in [0.15, 0.2) is 11.0 Å². The minimum atomic E-state index is -4.96. The van der Waals surface area contributed by atoms with Crippen molar-refractivity contribution in [3.05, 3.63) is 21.7 Å². The molecule has 0 aliphatic rings. The summed E-state index contributed by atoms with van der Waals surface area (Å²) >= 11 is 0. The van der Waals surface area contributed by atoms with Gasteiger partial charge in [0.15, 0.2) is 16.4 Å². The summed E-state index contributed by atoms with van der Waals surface area (Å²) in [5, 5.41) is 29.3. The van der Waals surface area contributed by atoms with Gasteiger partial charge in [0.2, 0.25) is 0 Å². The highest BCUT2D eigenvalue weighted by Gasteiger charge is 2.31. The van der Waals surface area contributed by atoms with E-state index in [4.69, 9.17) is 4.55 Å². The fraction of sp³-hybridized carbons (Fsp3) is 0.250. The lowest BCUT2D eigenvalue weighted by Gasteiger charge is -2.10. The molecule has 0 aromatic heterocycles. The van der Waals surface area contributed by atoms with Crippen molar-refractivity contribution >= 4 is 15.8 Å². The van der Waals surface area contributed by atoms with Gasteiger partial charge < -0.3 is 14.9 Å². The maximum Gasteiger partial charge on any atom is 0.298 e. The topological polar surface area (TPSA) is 147 Å². The van der Waals surface area contributed by atoms with Crippen molar-refractivity contribution in [2.45, 2.75) is 11.5 Å². The molecule has 0 radical (unpaired) electrons. The Balaban J connectivity index is 3.80. The van der Waals surface area contributed by atoms with Crippen molar-refractivity contribution in [2.75, 3.05) is 7.11 Å². The molecule has 18 heavy (non-hydrogen) atoms. The zero-order valence-electron chi connectivity index (χ0n) is 9.02. The molecule has 0 saturated heterocycles. The first-order valence-corrected chi connectivity index (χ1v) is 5.82. The minimum Gasteiger partial charge on any atom is -0.504 e. The third-order valence-corrected chi connectivity index (χ3v) is 3.01. The predicted octanol–water partition coefficient (Wildman–Crippen LogP) is 0.399. The number of phenols is 2. The number of benzene rings is 1. The van der Waals surface area contributed by atoms with Crippen LogP contribution in [0.3, 0.4) is 0 Å². The molecule has 0 heterocycles. The number of hydrogen-bond donors (Lipinski definition) is 3. The molecule has 1 aromatic rings. The van der Waals surface area contributed by atoms with Gasteiger partial charge in [0, 0.05) is 7.11 Å². The number of nitro groups is 1. The molecule has 0 bridgehead atoms. The molecule has 0 aliphatic heterocycles. The summed E-state index contributed by atoms with van der Waals surface area (Å²) in [6, 6.07) is 0.568. The Labute approximate surface area is 101 Å². The van der Waals surface area contributed by atoms with Crippen LogP contribution in [0.1, 0.15) is 5.56 Å². The molecule has 0 unspecified atom stereocenters. The highest BCUT2D eigenvalue weighted by Crippen LogP contribution is 2.40. The summed E-state index contributed by atoms with van der Waals surface area (Å²) in [5.41, 5.74) is -1.35. The number of nitro benzene ring substituents is 1. The van der Waals surface area contributed by atoms with E-state index < -0.39 is 49.3 Å². The van der Waals surface area contributed by atoms with E-state index in [1.54, 1.807) is 0 Å². The van der Waals surface area contributed by atoms with Crippen molar-refractivity contribution in [3.8, 4) is 11.5 Å². The van der Waals surface area contributed by atoms with Crippen molar-refractivity contribution in [1.82, 2.24) is 0 Å². The highest BCUT2D eigenvalue weighted by atomic mass is 32.2. The highest BCUT2D eigenvalue weighted by molar-refractivity contribution is 7.86. The first kappa shape index (κ1) is 14.2. The molecule has 0 aliphatic carbocycles. The van der Waals surface area contributed by atoms with E-state index in [2.05, 4.69) is 4.74 Å². The van der Waals surface area contributed by atoms with Gasteiger partial charge >= 0.3 is 0 Å². The number of phenolic OH excluding ortho intramolecular Hbond substituents is 2. The van der Waals surface area contributed by atoms with Crippen LogP contribution in [-0.4, -0.2) is 35.2 Å². The second-order valence-corrected chi connectivity index (χ2v) is 4.59. The molecular weight excluding hydrogens is 270 g/mol. The number of hydrogen-bond acceptors (Lipinski definition) is 7. The molecule has 0 saturated carbocycles. The zero-order valence-corrected chi connectivity index (χ0v) is 9.84. The minimum absolute atomic E-state index is 0.542. The van der Waals surface area contributed by atoms with Crippen molar-refractivity contribution in [3.63, 3.8) is 0 Å². The van der Waals surface area contributed by atoms with Gasteiger partial charge in [-0.25, -0.2) is 0 Å². The largest absolute Gasteiger partial charge is 0.504 e. The van der Waals surface area contributed by atoms with E-state index in [0.29, 0.717) is 6.07 Å². The van der Waals surface area contributed by atoms with Crippen LogP contribution < -0.4 is 0 Å². The van der Waals surface area contributed by atoms with Gasteiger partial charge in [-0.3, -0.25) is 14.7 Å². The molecule has 0 fully saturated rings. The normalized spacial score (nSPS) is 11.4. The molecule has 0 spiro atoms. The van der Waals surface area contributed by atoms with Gasteiger partial charge in [-0.05, 0) is 0 Å². The van der Waals surface area contributed by atoms with Crippen LogP contribution in [0.5, 0.6) is 11.5 Å². The summed E-state index contributed by atoms with van der Waals surface area (Å²) in [6.45, 7) is -0.542. The lowest BCUT2D eigenvalue weighted by Crippen LogP contribution is -2.08. The van der Waals surface area contributed by atoms with E-state index in [1.807, 2.05) is 0 Å². The summed E-state index contributed by atoms with van der Waals surface area (Å²) in [4.78, 5) is 8.61. The fourth-order valence-corrected chi connectivity index (χ4v) is 2.21. The Bertz CT molecular complexity index is 594. The SMILES string of the molecule is COCc1c([N+](=O)[O-])cc(O)c(O)c1S(=O)(=O)O. The third kappa shape index (κ3) is 2.50. The second kappa shape index (κ2) is 4.76. The molecule has 9 nitrogen and oxygen atoms in total. The van der Waals surface area contributed by atoms with E-state index in [0.717, 1.165) is 7.11 Å². The Kier molecular flexibility index (Phi) is 3.74. The van der Waals surface area contributed by atoms with Crippen molar-refractivity contribution in [1.29, 1.82) is 0 Å². The smallest absolute Gasteiger partial charge is 0.298 e. The number of methoxy groups -OCH3 is 1. The summed E-state index contributed by atoms with van der Waals surface area (Å²) < 4.78 is 35.7. The van der Waals surface area contributed by atoms with E-state index in [9.17, 15) is 28.7 Å². The molecule has 0 amide bonds. The Hall–Kier alpha value is -1.91. The number of ether oxygens (including phenoxy) is 1. The summed E-state index contributed by atoms with van der Waals surface area (Å²) in [6.07, 6.45) is 0. The van der Waals surface area contributed by atoms with E-state index >= 15 is 0 Å². The zero-order chi connectivity index (χ0) is 14.1. The number of nitrogens with zero attached hydrogens (tertiary/aromatic N) is 1. The molecule has 100 valence electrons. The molecular formula is C8H9NO8S. The van der Waals surface area contributed by atoms with Gasteiger partial charge in [-0.1, -0.05) is 0 Å². The van der Waals surface area contributed by atoms with Gasteiger partial charge in [0.25, 0.3) is 15.8 Å².